The Bertz CT molecular complexity index is 1730. The van der Waals surface area contributed by atoms with E-state index in [2.05, 4.69) is 28.4 Å². The Hall–Kier alpha value is -3.94. The number of halogens is 3. The lowest BCUT2D eigenvalue weighted by Crippen LogP contribution is -2.38. The highest BCUT2D eigenvalue weighted by atomic mass is 32.1. The number of fused-ring (bicyclic) bond motifs is 4. The predicted molar refractivity (Wildman–Crippen MR) is 161 cm³/mol. The van der Waals surface area contributed by atoms with Crippen LogP contribution in [0.1, 0.15) is 39.7 Å². The number of carboxylic acids is 1. The fraction of sp³-hybridized carbons (Fsp3) is 0.387. The van der Waals surface area contributed by atoms with Gasteiger partial charge in [-0.25, -0.2) is 4.79 Å². The van der Waals surface area contributed by atoms with Crippen LogP contribution >= 0.6 is 11.3 Å². The van der Waals surface area contributed by atoms with E-state index < -0.39 is 12.1 Å². The van der Waals surface area contributed by atoms with Crippen LogP contribution in [0, 0.1) is 0 Å². The van der Waals surface area contributed by atoms with Gasteiger partial charge < -0.3 is 24.5 Å². The molecule has 2 N–H and O–H groups in total. The van der Waals surface area contributed by atoms with E-state index in [-0.39, 0.29) is 17.5 Å². The van der Waals surface area contributed by atoms with Crippen molar-refractivity contribution in [3.05, 3.63) is 74.9 Å². The van der Waals surface area contributed by atoms with Crippen LogP contribution in [0.2, 0.25) is 0 Å². The smallest absolute Gasteiger partial charge is 0.490 e. The first-order chi connectivity index (χ1) is 21.1. The van der Waals surface area contributed by atoms with Gasteiger partial charge in [-0.2, -0.15) is 13.2 Å². The van der Waals surface area contributed by atoms with Gasteiger partial charge in [-0.1, -0.05) is 42.5 Å². The number of nitrogens with zero attached hydrogens (tertiary/aromatic N) is 2. The summed E-state index contributed by atoms with van der Waals surface area (Å²) in [6.07, 6.45) is -2.13. The molecule has 13 heteroatoms. The molecule has 234 valence electrons. The summed E-state index contributed by atoms with van der Waals surface area (Å²) in [6.45, 7) is 4.25. The minimum Gasteiger partial charge on any atom is -0.490 e. The van der Waals surface area contributed by atoms with Crippen LogP contribution in [-0.4, -0.2) is 72.1 Å². The third kappa shape index (κ3) is 6.74. The average molecular weight is 632 g/mol. The Morgan fingerprint density at radius 1 is 1.11 bits per heavy atom. The van der Waals surface area contributed by atoms with Crippen molar-refractivity contribution < 1.29 is 37.3 Å². The van der Waals surface area contributed by atoms with E-state index >= 15 is 0 Å². The fourth-order valence-corrected chi connectivity index (χ4v) is 6.73. The highest BCUT2D eigenvalue weighted by Gasteiger charge is 2.38. The highest BCUT2D eigenvalue weighted by Crippen LogP contribution is 2.40. The van der Waals surface area contributed by atoms with E-state index in [0.717, 1.165) is 48.0 Å². The molecule has 1 unspecified atom stereocenters. The second-order valence-corrected chi connectivity index (χ2v) is 11.6. The topological polar surface area (TPSA) is 110 Å². The molecule has 4 aromatic rings. The molecule has 1 amide bonds. The van der Waals surface area contributed by atoms with Crippen LogP contribution in [0.25, 0.3) is 21.0 Å². The molecule has 2 aromatic carbocycles. The molecule has 2 aliphatic rings. The van der Waals surface area contributed by atoms with E-state index in [1.807, 2.05) is 30.3 Å². The van der Waals surface area contributed by atoms with Gasteiger partial charge in [0.05, 0.1) is 29.5 Å². The molecule has 0 radical (unpaired) electrons. The summed E-state index contributed by atoms with van der Waals surface area (Å²) < 4.78 is 45.9. The van der Waals surface area contributed by atoms with Gasteiger partial charge >= 0.3 is 12.1 Å². The first kappa shape index (κ1) is 31.5. The van der Waals surface area contributed by atoms with Gasteiger partial charge in [0.15, 0.2) is 5.75 Å². The number of pyridine rings is 1. The number of para-hydroxylation sites is 1. The van der Waals surface area contributed by atoms with Crippen LogP contribution < -0.4 is 15.6 Å². The number of aryl methyl sites for hydroxylation is 2. The number of rotatable bonds is 6. The van der Waals surface area contributed by atoms with Crippen molar-refractivity contribution in [2.45, 2.75) is 31.5 Å². The SMILES string of the molecule is Cn1c(=O)c2c(OCCN3CCOCC3)c(C(=O)NC3CCCc4ccccc43)sc2c2ccccc21.O=C(O)C(F)(F)F. The molecule has 44 heavy (non-hydrogen) atoms. The molecule has 1 atom stereocenters. The first-order valence-electron chi connectivity index (χ1n) is 14.2. The number of carbonyl (C=O) groups excluding carboxylic acids is 1. The van der Waals surface area contributed by atoms with Crippen molar-refractivity contribution in [1.29, 1.82) is 0 Å². The third-order valence-corrected chi connectivity index (χ3v) is 8.98. The van der Waals surface area contributed by atoms with Crippen LogP contribution in [-0.2, 0) is 23.0 Å². The van der Waals surface area contributed by atoms with Crippen LogP contribution in [0.4, 0.5) is 13.2 Å². The van der Waals surface area contributed by atoms with E-state index in [9.17, 15) is 22.8 Å². The number of benzene rings is 2. The van der Waals surface area contributed by atoms with Crippen molar-refractivity contribution in [3.8, 4) is 5.75 Å². The Kier molecular flexibility index (Phi) is 9.56. The molecule has 3 heterocycles. The van der Waals surface area contributed by atoms with E-state index in [1.54, 1.807) is 11.6 Å². The normalized spacial score (nSPS) is 17.0. The number of carbonyl (C=O) groups is 2. The van der Waals surface area contributed by atoms with Crippen molar-refractivity contribution in [1.82, 2.24) is 14.8 Å². The molecule has 0 saturated carbocycles. The quantitative estimate of drug-likeness (QED) is 0.312. The molecule has 1 aliphatic carbocycles. The van der Waals surface area contributed by atoms with Gasteiger partial charge in [-0.15, -0.1) is 11.3 Å². The highest BCUT2D eigenvalue weighted by molar-refractivity contribution is 7.22. The number of amides is 1. The number of ether oxygens (including phenoxy) is 2. The molecular weight excluding hydrogens is 599 g/mol. The number of hydrogen-bond acceptors (Lipinski definition) is 7. The lowest BCUT2D eigenvalue weighted by molar-refractivity contribution is -0.192. The summed E-state index contributed by atoms with van der Waals surface area (Å²) in [5.41, 5.74) is 3.17. The number of hydrogen-bond donors (Lipinski definition) is 2. The largest absolute Gasteiger partial charge is 0.490 e. The molecule has 6 rings (SSSR count). The summed E-state index contributed by atoms with van der Waals surface area (Å²) in [5.74, 6) is -2.54. The minimum absolute atomic E-state index is 0.0524. The maximum absolute atomic E-state index is 13.8. The summed E-state index contributed by atoms with van der Waals surface area (Å²) >= 11 is 1.36. The summed E-state index contributed by atoms with van der Waals surface area (Å²) in [4.78, 5) is 39.0. The number of aromatic nitrogens is 1. The molecule has 1 saturated heterocycles. The van der Waals surface area contributed by atoms with E-state index in [1.165, 1.54) is 22.5 Å². The molecule has 0 spiro atoms. The molecule has 0 bridgehead atoms. The van der Waals surface area contributed by atoms with Crippen molar-refractivity contribution in [2.75, 3.05) is 39.5 Å². The Labute approximate surface area is 254 Å². The van der Waals surface area contributed by atoms with Gasteiger partial charge in [0.2, 0.25) is 0 Å². The van der Waals surface area contributed by atoms with E-state index in [4.69, 9.17) is 19.4 Å². The lowest BCUT2D eigenvalue weighted by Gasteiger charge is -2.27. The fourth-order valence-electron chi connectivity index (χ4n) is 5.55. The minimum atomic E-state index is -5.08. The molecule has 9 nitrogen and oxygen atoms in total. The van der Waals surface area contributed by atoms with Gasteiger partial charge in [-0.05, 0) is 36.5 Å². The van der Waals surface area contributed by atoms with Crippen molar-refractivity contribution >= 4 is 44.2 Å². The second-order valence-electron chi connectivity index (χ2n) is 10.6. The van der Waals surface area contributed by atoms with Gasteiger partial charge in [0.1, 0.15) is 16.9 Å². The number of thiophene rings is 1. The Morgan fingerprint density at radius 3 is 2.52 bits per heavy atom. The zero-order valence-corrected chi connectivity index (χ0v) is 24.8. The monoisotopic (exact) mass is 631 g/mol. The first-order valence-corrected chi connectivity index (χ1v) is 15.0. The predicted octanol–water partition coefficient (Wildman–Crippen LogP) is 4.90. The zero-order valence-electron chi connectivity index (χ0n) is 24.0. The zero-order chi connectivity index (χ0) is 31.4. The average Bonchev–Trinajstić information content (AvgIpc) is 3.40. The molecular formula is C31H32F3N3O6S. The van der Waals surface area contributed by atoms with Crippen LogP contribution in [0.5, 0.6) is 5.75 Å². The third-order valence-electron chi connectivity index (χ3n) is 7.77. The number of morpholine rings is 1. The maximum atomic E-state index is 13.8. The number of nitrogens with one attached hydrogen (secondary N) is 1. The van der Waals surface area contributed by atoms with E-state index in [0.29, 0.717) is 42.4 Å². The summed E-state index contributed by atoms with van der Waals surface area (Å²) in [6, 6.07) is 16.1. The summed E-state index contributed by atoms with van der Waals surface area (Å²) in [7, 11) is 1.78. The van der Waals surface area contributed by atoms with Crippen LogP contribution in [0.15, 0.2) is 53.3 Å². The number of aliphatic carboxylic acids is 1. The lowest BCUT2D eigenvalue weighted by atomic mass is 9.88. The standard InChI is InChI=1S/C29H31N3O4S.C2HF3O2/c1-31-23-12-5-4-10-21(23)26-24(29(31)34)25(36-18-15-32-13-16-35-17-14-32)27(37-26)28(33)30-22-11-6-8-19-7-2-3-9-20(19)22;3-2(4,5)1(6)7/h2-5,7,9-10,12,22H,6,8,11,13-18H2,1H3,(H,30,33);(H,6,7). The molecule has 2 aromatic heterocycles. The maximum Gasteiger partial charge on any atom is 0.490 e. The van der Waals surface area contributed by atoms with Gasteiger partial charge in [-0.3, -0.25) is 14.5 Å². The van der Waals surface area contributed by atoms with Crippen LogP contribution in [0.3, 0.4) is 0 Å². The Morgan fingerprint density at radius 2 is 1.80 bits per heavy atom. The van der Waals surface area contributed by atoms with Crippen molar-refractivity contribution in [3.63, 3.8) is 0 Å². The number of carboxylic acid groups (broad SMARTS) is 1. The molecule has 1 fully saturated rings. The Balaban J connectivity index is 0.000000493. The number of alkyl halides is 3. The van der Waals surface area contributed by atoms with Crippen molar-refractivity contribution in [2.24, 2.45) is 7.05 Å². The second kappa shape index (κ2) is 13.4. The van der Waals surface area contributed by atoms with Gasteiger partial charge in [0.25, 0.3) is 11.5 Å². The molecule has 1 aliphatic heterocycles. The summed E-state index contributed by atoms with van der Waals surface area (Å²) in [5, 5.41) is 11.8. The van der Waals surface area contributed by atoms with Gasteiger partial charge in [0, 0.05) is 32.1 Å².